The van der Waals surface area contributed by atoms with E-state index >= 15 is 0 Å². The number of nitrogens with zero attached hydrogens (tertiary/aromatic N) is 1. The van der Waals surface area contributed by atoms with Crippen LogP contribution in [0.3, 0.4) is 0 Å². The summed E-state index contributed by atoms with van der Waals surface area (Å²) in [6.07, 6.45) is 49.1. The first-order valence-electron chi connectivity index (χ1n) is 24.7. The second-order valence-electron chi connectivity index (χ2n) is 17.8. The average Bonchev–Trinajstić information content (AvgIpc) is 3.20. The lowest BCUT2D eigenvalue weighted by molar-refractivity contribution is -0.870. The van der Waals surface area contributed by atoms with Gasteiger partial charge in [0, 0.05) is 12.8 Å². The number of carbonyl (C=O) groups excluding carboxylic acids is 2. The number of carbonyl (C=O) groups is 2. The SMILES string of the molecule is CCCCCC/C=C/CCCCCCCC(=O)OC[C@H](COP(=O)([O-])OCC[N+](C)(C)C)OC(=O)CCC/C=C/CC/C=C/CCCCCCCCCCCCCCCC. The van der Waals surface area contributed by atoms with Crippen molar-refractivity contribution in [3.8, 4) is 0 Å². The summed E-state index contributed by atoms with van der Waals surface area (Å²) in [6.45, 7) is 4.18. The van der Waals surface area contributed by atoms with Crippen LogP contribution in [0.2, 0.25) is 0 Å². The number of likely N-dealkylation sites (N-methyl/N-ethyl adjacent to an activating group) is 1. The average molecular weight is 868 g/mol. The molecule has 0 saturated carbocycles. The van der Waals surface area contributed by atoms with Gasteiger partial charge in [0.1, 0.15) is 19.8 Å². The molecule has 0 aliphatic rings. The zero-order chi connectivity index (χ0) is 44.3. The van der Waals surface area contributed by atoms with Crippen LogP contribution in [-0.4, -0.2) is 70.0 Å². The van der Waals surface area contributed by atoms with Gasteiger partial charge in [0.05, 0.1) is 27.7 Å². The van der Waals surface area contributed by atoms with Crippen LogP contribution in [0.25, 0.3) is 0 Å². The van der Waals surface area contributed by atoms with E-state index in [4.69, 9.17) is 18.5 Å². The number of hydrogen-bond acceptors (Lipinski definition) is 8. The third-order valence-electron chi connectivity index (χ3n) is 10.6. The number of esters is 2. The minimum absolute atomic E-state index is 0.0388. The maximum absolute atomic E-state index is 12.7. The Balaban J connectivity index is 4.30. The Hall–Kier alpha value is -1.77. The maximum Gasteiger partial charge on any atom is 0.306 e. The molecule has 0 saturated heterocycles. The van der Waals surface area contributed by atoms with E-state index in [1.807, 2.05) is 21.1 Å². The molecule has 10 heteroatoms. The van der Waals surface area contributed by atoms with Crippen LogP contribution in [-0.2, 0) is 32.7 Å². The van der Waals surface area contributed by atoms with Crippen LogP contribution in [0.15, 0.2) is 36.5 Å². The molecule has 1 unspecified atom stereocenters. The van der Waals surface area contributed by atoms with Crippen LogP contribution in [0.1, 0.15) is 219 Å². The van der Waals surface area contributed by atoms with Crippen molar-refractivity contribution in [2.45, 2.75) is 225 Å². The lowest BCUT2D eigenvalue weighted by Gasteiger charge is -2.28. The molecule has 0 aromatic carbocycles. The van der Waals surface area contributed by atoms with E-state index in [1.165, 1.54) is 122 Å². The topological polar surface area (TPSA) is 111 Å². The first-order valence-corrected chi connectivity index (χ1v) is 26.2. The Kier molecular flexibility index (Phi) is 41.3. The normalized spacial score (nSPS) is 13.8. The number of ether oxygens (including phenoxy) is 2. The molecule has 0 aliphatic carbocycles. The highest BCUT2D eigenvalue weighted by Gasteiger charge is 2.21. The van der Waals surface area contributed by atoms with E-state index in [-0.39, 0.29) is 26.1 Å². The Bertz CT molecular complexity index is 1120. The fourth-order valence-corrected chi connectivity index (χ4v) is 7.46. The summed E-state index contributed by atoms with van der Waals surface area (Å²) in [5.41, 5.74) is 0. The third-order valence-corrected chi connectivity index (χ3v) is 11.6. The van der Waals surface area contributed by atoms with Crippen molar-refractivity contribution in [2.24, 2.45) is 0 Å². The number of quaternary nitrogens is 1. The van der Waals surface area contributed by atoms with Gasteiger partial charge >= 0.3 is 11.9 Å². The van der Waals surface area contributed by atoms with Gasteiger partial charge < -0.3 is 27.9 Å². The summed E-state index contributed by atoms with van der Waals surface area (Å²) in [5, 5.41) is 0. The Morgan fingerprint density at radius 1 is 0.500 bits per heavy atom. The summed E-state index contributed by atoms with van der Waals surface area (Å²) in [7, 11) is 1.14. The second kappa shape index (κ2) is 42.5. The Labute approximate surface area is 370 Å². The van der Waals surface area contributed by atoms with E-state index in [2.05, 4.69) is 50.3 Å². The zero-order valence-electron chi connectivity index (χ0n) is 39.7. The van der Waals surface area contributed by atoms with Crippen molar-refractivity contribution in [2.75, 3.05) is 47.5 Å². The largest absolute Gasteiger partial charge is 0.756 e. The minimum atomic E-state index is -4.64. The maximum atomic E-state index is 12.7. The van der Waals surface area contributed by atoms with E-state index in [0.717, 1.165) is 57.8 Å². The molecule has 2 atom stereocenters. The summed E-state index contributed by atoms with van der Waals surface area (Å²) in [6, 6.07) is 0. The Morgan fingerprint density at radius 3 is 1.35 bits per heavy atom. The molecule has 0 spiro atoms. The summed E-state index contributed by atoms with van der Waals surface area (Å²) >= 11 is 0. The van der Waals surface area contributed by atoms with E-state index < -0.39 is 32.5 Å². The predicted octanol–water partition coefficient (Wildman–Crippen LogP) is 13.8. The molecule has 60 heavy (non-hydrogen) atoms. The monoisotopic (exact) mass is 868 g/mol. The third kappa shape index (κ3) is 45.7. The van der Waals surface area contributed by atoms with Gasteiger partial charge in [0.25, 0.3) is 7.82 Å². The fourth-order valence-electron chi connectivity index (χ4n) is 6.73. The highest BCUT2D eigenvalue weighted by atomic mass is 31.2. The van der Waals surface area contributed by atoms with Crippen LogP contribution in [0, 0.1) is 0 Å². The van der Waals surface area contributed by atoms with Crippen molar-refractivity contribution in [3.63, 3.8) is 0 Å². The van der Waals surface area contributed by atoms with Crippen LogP contribution in [0.5, 0.6) is 0 Å². The van der Waals surface area contributed by atoms with Crippen LogP contribution < -0.4 is 4.89 Å². The predicted molar refractivity (Wildman–Crippen MR) is 250 cm³/mol. The Morgan fingerprint density at radius 2 is 0.883 bits per heavy atom. The molecule has 0 radical (unpaired) electrons. The molecule has 0 bridgehead atoms. The van der Waals surface area contributed by atoms with Gasteiger partial charge in [-0.25, -0.2) is 0 Å². The number of phosphoric ester groups is 1. The molecule has 0 rings (SSSR count). The zero-order valence-corrected chi connectivity index (χ0v) is 40.6. The van der Waals surface area contributed by atoms with Crippen molar-refractivity contribution >= 4 is 19.8 Å². The van der Waals surface area contributed by atoms with Gasteiger partial charge in [-0.15, -0.1) is 0 Å². The van der Waals surface area contributed by atoms with Crippen molar-refractivity contribution < 1.29 is 42.1 Å². The summed E-state index contributed by atoms with van der Waals surface area (Å²) in [5.74, 6) is -0.890. The molecular weight excluding hydrogens is 774 g/mol. The van der Waals surface area contributed by atoms with Crippen LogP contribution in [0.4, 0.5) is 0 Å². The van der Waals surface area contributed by atoms with E-state index in [9.17, 15) is 19.0 Å². The first kappa shape index (κ1) is 58.2. The molecule has 352 valence electrons. The van der Waals surface area contributed by atoms with Gasteiger partial charge in [0.2, 0.25) is 0 Å². The fraction of sp³-hybridized carbons (Fsp3) is 0.840. The summed E-state index contributed by atoms with van der Waals surface area (Å²) < 4.78 is 33.9. The molecule has 0 aromatic rings. The van der Waals surface area contributed by atoms with Crippen molar-refractivity contribution in [1.29, 1.82) is 0 Å². The summed E-state index contributed by atoms with van der Waals surface area (Å²) in [4.78, 5) is 37.6. The van der Waals surface area contributed by atoms with Crippen molar-refractivity contribution in [1.82, 2.24) is 0 Å². The van der Waals surface area contributed by atoms with Gasteiger partial charge in [-0.1, -0.05) is 172 Å². The molecule has 0 aromatic heterocycles. The highest BCUT2D eigenvalue weighted by Crippen LogP contribution is 2.38. The van der Waals surface area contributed by atoms with Crippen LogP contribution >= 0.6 is 7.82 Å². The number of hydrogen-bond donors (Lipinski definition) is 0. The van der Waals surface area contributed by atoms with Crippen molar-refractivity contribution in [3.05, 3.63) is 36.5 Å². The van der Waals surface area contributed by atoms with E-state index in [0.29, 0.717) is 23.9 Å². The highest BCUT2D eigenvalue weighted by molar-refractivity contribution is 7.45. The quantitative estimate of drug-likeness (QED) is 0.0196. The van der Waals surface area contributed by atoms with E-state index in [1.54, 1.807) is 0 Å². The lowest BCUT2D eigenvalue weighted by atomic mass is 10.0. The number of rotatable bonds is 45. The van der Waals surface area contributed by atoms with Gasteiger partial charge in [-0.05, 0) is 70.6 Å². The molecular formula is C50H94NO8P. The molecule has 0 amide bonds. The van der Waals surface area contributed by atoms with Gasteiger partial charge in [-0.2, -0.15) is 0 Å². The first-order chi connectivity index (χ1) is 29.0. The molecule has 0 aliphatic heterocycles. The standard InChI is InChI=1S/C50H94NO8P/c1-6-8-10-12-14-16-18-20-21-22-23-24-25-26-27-28-29-31-33-35-37-39-41-43-50(53)59-48(47-58-60(54,55)57-45-44-51(3,4)5)46-56-49(52)42-40-38-36-34-32-30-19-17-15-13-11-9-7-2/h17,19,28-29,35,37,48H,6-16,18,20-27,30-34,36,38-47H2,1-5H3/b19-17+,29-28+,37-35+/t48-/m1/s1. The van der Waals surface area contributed by atoms with Gasteiger partial charge in [0.15, 0.2) is 6.10 Å². The molecule has 0 fully saturated rings. The molecule has 9 nitrogen and oxygen atoms in total. The van der Waals surface area contributed by atoms with Gasteiger partial charge in [-0.3, -0.25) is 14.2 Å². The lowest BCUT2D eigenvalue weighted by Crippen LogP contribution is -2.37. The number of allylic oxidation sites excluding steroid dienone is 6. The second-order valence-corrected chi connectivity index (χ2v) is 19.2. The smallest absolute Gasteiger partial charge is 0.306 e. The number of unbranched alkanes of at least 4 members (excludes halogenated alkanes) is 25. The minimum Gasteiger partial charge on any atom is -0.756 e. The number of phosphoric acid groups is 1. The molecule has 0 N–H and O–H groups in total. The molecule has 0 heterocycles.